The highest BCUT2D eigenvalue weighted by Crippen LogP contribution is 2.45. The normalized spacial score (nSPS) is 14.1. The molecule has 0 radical (unpaired) electrons. The number of esters is 4. The fourth-order valence-electron chi connectivity index (χ4n) is 11.1. The molecule has 17 nitrogen and oxygen atoms in total. The van der Waals surface area contributed by atoms with E-state index in [0.717, 1.165) is 115 Å². The first kappa shape index (κ1) is 90.1. The van der Waals surface area contributed by atoms with Crippen LogP contribution in [-0.4, -0.2) is 96.7 Å². The number of aliphatic hydroxyl groups is 1. The lowest BCUT2D eigenvalue weighted by Gasteiger charge is -2.21. The average Bonchev–Trinajstić information content (AvgIpc) is 1.91. The molecule has 92 heavy (non-hydrogen) atoms. The van der Waals surface area contributed by atoms with Crippen LogP contribution in [0, 0.1) is 11.8 Å². The van der Waals surface area contributed by atoms with Gasteiger partial charge in [-0.3, -0.25) is 37.3 Å². The van der Waals surface area contributed by atoms with Gasteiger partial charge in [-0.05, 0) is 37.5 Å². The van der Waals surface area contributed by atoms with E-state index in [1.807, 2.05) is 0 Å². The van der Waals surface area contributed by atoms with E-state index >= 15 is 0 Å². The molecule has 0 aliphatic carbocycles. The Morgan fingerprint density at radius 2 is 0.500 bits per heavy atom. The number of carbonyl (C=O) groups excluding carboxylic acids is 4. The molecule has 0 aromatic carbocycles. The molecule has 3 N–H and O–H groups in total. The van der Waals surface area contributed by atoms with Crippen molar-refractivity contribution >= 4 is 39.5 Å². The number of hydrogen-bond acceptors (Lipinski definition) is 15. The van der Waals surface area contributed by atoms with Crippen molar-refractivity contribution in [2.24, 2.45) is 11.8 Å². The van der Waals surface area contributed by atoms with Crippen molar-refractivity contribution in [1.29, 1.82) is 0 Å². The van der Waals surface area contributed by atoms with E-state index < -0.39 is 97.5 Å². The lowest BCUT2D eigenvalue weighted by atomic mass is 10.0. The van der Waals surface area contributed by atoms with Crippen LogP contribution in [0.4, 0.5) is 0 Å². The Kier molecular flexibility index (Phi) is 63.7. The van der Waals surface area contributed by atoms with Crippen molar-refractivity contribution in [3.05, 3.63) is 0 Å². The SMILES string of the molecule is CCCCCCCCCCCCC(=O)O[C@H](COC(=O)CCCCCCCCC)COP(=O)(O)OC[C@H](O)COP(=O)(O)OC[C@@H](COC(=O)CCCCCCCCCCCCCC(C)C)OC(=O)CCCCCCCCCCCCCCCCCCCCC(C)C. The highest BCUT2D eigenvalue weighted by Gasteiger charge is 2.30. The van der Waals surface area contributed by atoms with Crippen molar-refractivity contribution in [2.45, 2.75) is 394 Å². The number of carbonyl (C=O) groups is 4. The highest BCUT2D eigenvalue weighted by molar-refractivity contribution is 7.47. The molecule has 0 saturated carbocycles. The van der Waals surface area contributed by atoms with Crippen LogP contribution in [0.3, 0.4) is 0 Å². The van der Waals surface area contributed by atoms with Crippen LogP contribution in [0.1, 0.15) is 375 Å². The van der Waals surface area contributed by atoms with Gasteiger partial charge < -0.3 is 33.8 Å². The first-order valence-corrected chi connectivity index (χ1v) is 41.0. The van der Waals surface area contributed by atoms with E-state index in [0.29, 0.717) is 25.7 Å². The first-order chi connectivity index (χ1) is 44.4. The fraction of sp³-hybridized carbons (Fsp3) is 0.945. The predicted octanol–water partition coefficient (Wildman–Crippen LogP) is 21.2. The maximum Gasteiger partial charge on any atom is 0.472 e. The highest BCUT2D eigenvalue weighted by atomic mass is 31.2. The Hall–Kier alpha value is -1.94. The molecule has 2 unspecified atom stereocenters. The Bertz CT molecular complexity index is 1790. The summed E-state index contributed by atoms with van der Waals surface area (Å²) < 4.78 is 68.2. The molecule has 0 rings (SSSR count). The van der Waals surface area contributed by atoms with Crippen LogP contribution in [0.25, 0.3) is 0 Å². The van der Waals surface area contributed by atoms with E-state index in [4.69, 9.17) is 37.0 Å². The molecule has 0 saturated heterocycles. The Balaban J connectivity index is 5.15. The summed E-state index contributed by atoms with van der Waals surface area (Å²) in [4.78, 5) is 72.5. The molecule has 5 atom stereocenters. The lowest BCUT2D eigenvalue weighted by Crippen LogP contribution is -2.30. The minimum atomic E-state index is -4.95. The third kappa shape index (κ3) is 66.7. The molecule has 19 heteroatoms. The van der Waals surface area contributed by atoms with Gasteiger partial charge in [0.25, 0.3) is 0 Å². The number of phosphoric acid groups is 2. The summed E-state index contributed by atoms with van der Waals surface area (Å²) in [6, 6.07) is 0. The zero-order chi connectivity index (χ0) is 67.9. The Morgan fingerprint density at radius 1 is 0.293 bits per heavy atom. The largest absolute Gasteiger partial charge is 0.472 e. The van der Waals surface area contributed by atoms with E-state index in [9.17, 15) is 43.2 Å². The third-order valence-corrected chi connectivity index (χ3v) is 18.9. The zero-order valence-corrected chi connectivity index (χ0v) is 61.6. The second-order valence-corrected chi connectivity index (χ2v) is 30.2. The average molecular weight is 1350 g/mol. The van der Waals surface area contributed by atoms with Gasteiger partial charge >= 0.3 is 39.5 Å². The molecule has 0 fully saturated rings. The summed E-state index contributed by atoms with van der Waals surface area (Å²) in [5.41, 5.74) is 0. The minimum absolute atomic E-state index is 0.106. The lowest BCUT2D eigenvalue weighted by molar-refractivity contribution is -0.161. The van der Waals surface area contributed by atoms with Gasteiger partial charge in [-0.1, -0.05) is 324 Å². The third-order valence-electron chi connectivity index (χ3n) is 17.0. The van der Waals surface area contributed by atoms with Crippen LogP contribution >= 0.6 is 15.6 Å². The van der Waals surface area contributed by atoms with Gasteiger partial charge in [-0.15, -0.1) is 0 Å². The van der Waals surface area contributed by atoms with Crippen LogP contribution in [0.2, 0.25) is 0 Å². The van der Waals surface area contributed by atoms with Crippen LogP contribution in [0.5, 0.6) is 0 Å². The monoisotopic (exact) mass is 1350 g/mol. The van der Waals surface area contributed by atoms with E-state index in [2.05, 4.69) is 41.5 Å². The predicted molar refractivity (Wildman–Crippen MR) is 372 cm³/mol. The second-order valence-electron chi connectivity index (χ2n) is 27.3. The fourth-order valence-corrected chi connectivity index (χ4v) is 12.7. The van der Waals surface area contributed by atoms with Crippen LogP contribution < -0.4 is 0 Å². The number of ether oxygens (including phenoxy) is 4. The van der Waals surface area contributed by atoms with E-state index in [1.54, 1.807) is 0 Å². The van der Waals surface area contributed by atoms with Gasteiger partial charge in [-0.25, -0.2) is 9.13 Å². The molecule has 0 bridgehead atoms. The van der Waals surface area contributed by atoms with Crippen molar-refractivity contribution in [3.8, 4) is 0 Å². The Morgan fingerprint density at radius 3 is 0.739 bits per heavy atom. The molecule has 0 aliphatic rings. The zero-order valence-electron chi connectivity index (χ0n) is 59.9. The maximum absolute atomic E-state index is 13.1. The van der Waals surface area contributed by atoms with E-state index in [1.165, 1.54) is 180 Å². The molecule has 546 valence electrons. The molecule has 0 aromatic rings. The minimum Gasteiger partial charge on any atom is -0.462 e. The second kappa shape index (κ2) is 65.0. The molecule has 0 spiro atoms. The summed E-state index contributed by atoms with van der Waals surface area (Å²) in [7, 11) is -9.90. The first-order valence-electron chi connectivity index (χ1n) is 38.0. The van der Waals surface area contributed by atoms with Crippen molar-refractivity contribution in [3.63, 3.8) is 0 Å². The summed E-state index contributed by atoms with van der Waals surface area (Å²) in [6.45, 7) is 9.56. The number of aliphatic hydroxyl groups excluding tert-OH is 1. The maximum atomic E-state index is 13.1. The summed E-state index contributed by atoms with van der Waals surface area (Å²) in [5.74, 6) is -0.534. The van der Waals surface area contributed by atoms with Gasteiger partial charge in [0.15, 0.2) is 12.2 Å². The Labute approximate surface area is 562 Å². The number of hydrogen-bond donors (Lipinski definition) is 3. The molecular formula is C73H142O17P2. The smallest absolute Gasteiger partial charge is 0.462 e. The van der Waals surface area contributed by atoms with Crippen molar-refractivity contribution in [1.82, 2.24) is 0 Å². The molecule has 0 aromatic heterocycles. The van der Waals surface area contributed by atoms with Crippen molar-refractivity contribution in [2.75, 3.05) is 39.6 Å². The standard InChI is InChI=1S/C73H142O17P2/c1-7-9-11-13-15-16-32-39-45-51-57-72(77)89-68(61-83-70(75)55-49-43-35-14-12-10-8-2)63-87-91(79,80)85-59-67(74)60-86-92(81,82)88-64-69(62-84-71(76)56-50-44-38-33-29-25-27-31-37-42-48-54-66(5)6)90-73(78)58-52-46-40-34-28-24-22-20-18-17-19-21-23-26-30-36-41-47-53-65(3)4/h65-69,74H,7-64H2,1-6H3,(H,79,80)(H,81,82)/t67-,68+,69+/m0/s1. The summed E-state index contributed by atoms with van der Waals surface area (Å²) >= 11 is 0. The van der Waals surface area contributed by atoms with E-state index in [-0.39, 0.29) is 25.7 Å². The van der Waals surface area contributed by atoms with Gasteiger partial charge in [0, 0.05) is 25.7 Å². The van der Waals surface area contributed by atoms with Crippen LogP contribution in [0.15, 0.2) is 0 Å². The molecular weight excluding hydrogens is 1210 g/mol. The quantitative estimate of drug-likeness (QED) is 0.0222. The van der Waals surface area contributed by atoms with Crippen molar-refractivity contribution < 1.29 is 80.2 Å². The number of phosphoric ester groups is 2. The van der Waals surface area contributed by atoms with Gasteiger partial charge in [0.1, 0.15) is 19.3 Å². The van der Waals surface area contributed by atoms with Gasteiger partial charge in [-0.2, -0.15) is 0 Å². The van der Waals surface area contributed by atoms with Gasteiger partial charge in [0.2, 0.25) is 0 Å². The topological polar surface area (TPSA) is 237 Å². The number of rotatable bonds is 72. The molecule has 0 amide bonds. The summed E-state index contributed by atoms with van der Waals surface area (Å²) in [6.07, 6.45) is 51.5. The molecule has 0 heterocycles. The summed E-state index contributed by atoms with van der Waals surface area (Å²) in [5, 5.41) is 10.6. The number of unbranched alkanes of at least 4 members (excludes halogenated alkanes) is 42. The molecule has 0 aliphatic heterocycles. The van der Waals surface area contributed by atoms with Crippen LogP contribution in [-0.2, 0) is 65.4 Å². The van der Waals surface area contributed by atoms with Gasteiger partial charge in [0.05, 0.1) is 26.4 Å².